The number of hydrogen-bond donors (Lipinski definition) is 3. The largest absolute Gasteiger partial charge is 0.480 e. The van der Waals surface area contributed by atoms with Gasteiger partial charge in [0.25, 0.3) is 0 Å². The van der Waals surface area contributed by atoms with Crippen LogP contribution in [0.3, 0.4) is 0 Å². The van der Waals surface area contributed by atoms with Crippen molar-refractivity contribution < 1.29 is 24.6 Å². The van der Waals surface area contributed by atoms with Gasteiger partial charge in [-0.2, -0.15) is 11.8 Å². The normalized spacial score (nSPS) is 20.1. The quantitative estimate of drug-likeness (QED) is 0.548. The standard InChI is InChI=1S/C23H26N2O5S/c26-21(27)13-25-20(17-9-5-2-6-10-17)15-31-14-19(22(25)28)24-18(23(29)30)12-11-16-7-3-1-4-8-16/h1-10,18-20,24H,11-15H2,(H,26,27)(H,29,30). The molecular weight excluding hydrogens is 416 g/mol. The summed E-state index contributed by atoms with van der Waals surface area (Å²) in [6, 6.07) is 16.8. The van der Waals surface area contributed by atoms with Crippen LogP contribution in [0.2, 0.25) is 0 Å². The Morgan fingerprint density at radius 2 is 1.68 bits per heavy atom. The smallest absolute Gasteiger partial charge is 0.323 e. The summed E-state index contributed by atoms with van der Waals surface area (Å²) in [4.78, 5) is 38.0. The van der Waals surface area contributed by atoms with Gasteiger partial charge in [0.2, 0.25) is 5.91 Å². The Hall–Kier alpha value is -2.84. The number of carboxylic acids is 2. The van der Waals surface area contributed by atoms with Crippen molar-refractivity contribution in [2.24, 2.45) is 0 Å². The first-order chi connectivity index (χ1) is 15.0. The van der Waals surface area contributed by atoms with Crippen molar-refractivity contribution in [1.82, 2.24) is 10.2 Å². The Morgan fingerprint density at radius 1 is 1.03 bits per heavy atom. The van der Waals surface area contributed by atoms with Crippen molar-refractivity contribution in [2.45, 2.75) is 31.0 Å². The molecule has 3 atom stereocenters. The number of benzene rings is 2. The van der Waals surface area contributed by atoms with E-state index in [0.717, 1.165) is 11.1 Å². The number of carbonyl (C=O) groups excluding carboxylic acids is 1. The van der Waals surface area contributed by atoms with Crippen LogP contribution in [0.1, 0.15) is 23.6 Å². The summed E-state index contributed by atoms with van der Waals surface area (Å²) < 4.78 is 0. The summed E-state index contributed by atoms with van der Waals surface area (Å²) >= 11 is 1.52. The van der Waals surface area contributed by atoms with Crippen LogP contribution in [0, 0.1) is 0 Å². The van der Waals surface area contributed by atoms with Crippen molar-refractivity contribution in [3.8, 4) is 0 Å². The van der Waals surface area contributed by atoms with Crippen LogP contribution < -0.4 is 5.32 Å². The molecule has 2 aromatic carbocycles. The topological polar surface area (TPSA) is 107 Å². The maximum Gasteiger partial charge on any atom is 0.323 e. The van der Waals surface area contributed by atoms with Gasteiger partial charge in [-0.3, -0.25) is 19.7 Å². The third-order valence-corrected chi connectivity index (χ3v) is 6.39. The first-order valence-electron chi connectivity index (χ1n) is 10.1. The SMILES string of the molecule is O=C(O)CN1C(=O)C(NC(CCc2ccccc2)C(=O)O)CSCC1c1ccccc1. The molecule has 0 aliphatic carbocycles. The van der Waals surface area contributed by atoms with E-state index in [2.05, 4.69) is 5.32 Å². The van der Waals surface area contributed by atoms with Crippen molar-refractivity contribution in [2.75, 3.05) is 18.1 Å². The molecule has 3 rings (SSSR count). The summed E-state index contributed by atoms with van der Waals surface area (Å²) in [5.74, 6) is -1.58. The molecule has 0 bridgehead atoms. The monoisotopic (exact) mass is 442 g/mol. The fourth-order valence-corrected chi connectivity index (χ4v) is 4.90. The van der Waals surface area contributed by atoms with Crippen LogP contribution in [0.5, 0.6) is 0 Å². The van der Waals surface area contributed by atoms with Gasteiger partial charge >= 0.3 is 11.9 Å². The number of carbonyl (C=O) groups is 3. The molecule has 31 heavy (non-hydrogen) atoms. The second-order valence-corrected chi connectivity index (χ2v) is 8.53. The molecule has 1 amide bonds. The van der Waals surface area contributed by atoms with E-state index in [1.807, 2.05) is 60.7 Å². The number of rotatable bonds is 9. The van der Waals surface area contributed by atoms with Gasteiger partial charge in [-0.1, -0.05) is 60.7 Å². The number of nitrogens with one attached hydrogen (secondary N) is 1. The lowest BCUT2D eigenvalue weighted by molar-refractivity contribution is -0.147. The first-order valence-corrected chi connectivity index (χ1v) is 11.3. The minimum absolute atomic E-state index is 0.328. The summed E-state index contributed by atoms with van der Waals surface area (Å²) in [7, 11) is 0. The molecule has 8 heteroatoms. The highest BCUT2D eigenvalue weighted by molar-refractivity contribution is 7.99. The number of carboxylic acid groups (broad SMARTS) is 2. The Bertz CT molecular complexity index is 893. The number of aliphatic carboxylic acids is 2. The predicted molar refractivity (Wildman–Crippen MR) is 119 cm³/mol. The minimum atomic E-state index is -1.10. The Kier molecular flexibility index (Phi) is 8.08. The molecule has 1 saturated heterocycles. The van der Waals surface area contributed by atoms with Crippen LogP contribution in [0.25, 0.3) is 0 Å². The Labute approximate surface area is 185 Å². The van der Waals surface area contributed by atoms with E-state index in [9.17, 15) is 24.6 Å². The lowest BCUT2D eigenvalue weighted by Crippen LogP contribution is -2.53. The molecule has 164 valence electrons. The van der Waals surface area contributed by atoms with E-state index in [0.29, 0.717) is 24.3 Å². The van der Waals surface area contributed by atoms with E-state index in [-0.39, 0.29) is 11.9 Å². The van der Waals surface area contributed by atoms with Crippen molar-refractivity contribution >= 4 is 29.6 Å². The lowest BCUT2D eigenvalue weighted by atomic mass is 10.0. The molecule has 0 saturated carbocycles. The number of amides is 1. The van der Waals surface area contributed by atoms with Gasteiger partial charge in [0.15, 0.2) is 0 Å². The highest BCUT2D eigenvalue weighted by Crippen LogP contribution is 2.29. The molecule has 0 radical (unpaired) electrons. The van der Waals surface area contributed by atoms with E-state index >= 15 is 0 Å². The van der Waals surface area contributed by atoms with E-state index < -0.39 is 30.6 Å². The zero-order valence-electron chi connectivity index (χ0n) is 17.0. The number of hydrogen-bond acceptors (Lipinski definition) is 5. The van der Waals surface area contributed by atoms with Crippen molar-refractivity contribution in [3.05, 3.63) is 71.8 Å². The summed E-state index contributed by atoms with van der Waals surface area (Å²) in [5, 5.41) is 22.1. The lowest BCUT2D eigenvalue weighted by Gasteiger charge is -2.31. The molecule has 7 nitrogen and oxygen atoms in total. The molecule has 0 spiro atoms. The molecule has 1 fully saturated rings. The second-order valence-electron chi connectivity index (χ2n) is 7.46. The molecule has 2 aromatic rings. The first kappa shape index (κ1) is 22.8. The zero-order valence-corrected chi connectivity index (χ0v) is 17.8. The van der Waals surface area contributed by atoms with Gasteiger partial charge < -0.3 is 15.1 Å². The van der Waals surface area contributed by atoms with Gasteiger partial charge in [0.1, 0.15) is 12.6 Å². The predicted octanol–water partition coefficient (Wildman–Crippen LogP) is 2.43. The number of aryl methyl sites for hydroxylation is 1. The van der Waals surface area contributed by atoms with E-state index in [1.165, 1.54) is 16.7 Å². The van der Waals surface area contributed by atoms with Gasteiger partial charge in [-0.25, -0.2) is 0 Å². The minimum Gasteiger partial charge on any atom is -0.480 e. The molecule has 0 aromatic heterocycles. The van der Waals surface area contributed by atoms with Crippen LogP contribution in [0.15, 0.2) is 60.7 Å². The summed E-state index contributed by atoms with van der Waals surface area (Å²) in [6.07, 6.45) is 0.888. The average Bonchev–Trinajstić information content (AvgIpc) is 2.91. The molecule has 3 unspecified atom stereocenters. The maximum absolute atomic E-state index is 13.3. The fraction of sp³-hybridized carbons (Fsp3) is 0.348. The van der Waals surface area contributed by atoms with Gasteiger partial charge in [-0.15, -0.1) is 0 Å². The Balaban J connectivity index is 1.75. The average molecular weight is 443 g/mol. The molecular formula is C23H26N2O5S. The molecule has 1 heterocycles. The van der Waals surface area contributed by atoms with Crippen LogP contribution in [-0.4, -0.2) is 63.1 Å². The second kappa shape index (κ2) is 11.0. The molecule has 1 aliphatic rings. The third-order valence-electron chi connectivity index (χ3n) is 5.27. The zero-order chi connectivity index (χ0) is 22.2. The molecule has 1 aliphatic heterocycles. The van der Waals surface area contributed by atoms with Gasteiger partial charge in [-0.05, 0) is 24.0 Å². The highest BCUT2D eigenvalue weighted by atomic mass is 32.2. The fourth-order valence-electron chi connectivity index (χ4n) is 3.69. The van der Waals surface area contributed by atoms with Crippen LogP contribution >= 0.6 is 11.8 Å². The number of nitrogens with zero attached hydrogens (tertiary/aromatic N) is 1. The van der Waals surface area contributed by atoms with Gasteiger partial charge in [0.05, 0.1) is 12.1 Å². The van der Waals surface area contributed by atoms with Crippen molar-refractivity contribution in [3.63, 3.8) is 0 Å². The number of thioether (sulfide) groups is 1. The maximum atomic E-state index is 13.3. The van der Waals surface area contributed by atoms with Gasteiger partial charge in [0, 0.05) is 11.5 Å². The summed E-state index contributed by atoms with van der Waals surface area (Å²) in [5.41, 5.74) is 1.89. The third kappa shape index (κ3) is 6.32. The van der Waals surface area contributed by atoms with E-state index in [1.54, 1.807) is 0 Å². The van der Waals surface area contributed by atoms with Crippen molar-refractivity contribution in [1.29, 1.82) is 0 Å². The highest BCUT2D eigenvalue weighted by Gasteiger charge is 2.37. The summed E-state index contributed by atoms with van der Waals surface area (Å²) in [6.45, 7) is -0.432. The van der Waals surface area contributed by atoms with Crippen LogP contribution in [-0.2, 0) is 20.8 Å². The van der Waals surface area contributed by atoms with E-state index in [4.69, 9.17) is 0 Å². The Morgan fingerprint density at radius 3 is 2.29 bits per heavy atom. The molecule has 3 N–H and O–H groups in total. The van der Waals surface area contributed by atoms with Crippen LogP contribution in [0.4, 0.5) is 0 Å².